The van der Waals surface area contributed by atoms with Gasteiger partial charge in [-0.2, -0.15) is 0 Å². The molecule has 2 heterocycles. The molecule has 0 aromatic heterocycles. The molecule has 0 bridgehead atoms. The van der Waals surface area contributed by atoms with E-state index in [4.69, 9.17) is 14.2 Å². The molecule has 2 saturated heterocycles. The predicted octanol–water partition coefficient (Wildman–Crippen LogP) is 6.51. The minimum Gasteiger partial charge on any atom is -0.436 e. The van der Waals surface area contributed by atoms with Crippen molar-refractivity contribution in [3.8, 4) is 0 Å². The largest absolute Gasteiger partial charge is 0.436 e. The SMILES string of the molecule is CCCCCCCCCCCCC1CCC2(CCCCO2)OC1OC(C)=O. The molecule has 4 heteroatoms. The van der Waals surface area contributed by atoms with Gasteiger partial charge in [-0.1, -0.05) is 71.1 Å². The summed E-state index contributed by atoms with van der Waals surface area (Å²) in [7, 11) is 0. The van der Waals surface area contributed by atoms with Gasteiger partial charge in [0.15, 0.2) is 5.79 Å². The highest BCUT2D eigenvalue weighted by atomic mass is 16.8. The van der Waals surface area contributed by atoms with Gasteiger partial charge in [0.2, 0.25) is 6.29 Å². The van der Waals surface area contributed by atoms with Crippen LogP contribution >= 0.6 is 0 Å². The van der Waals surface area contributed by atoms with E-state index >= 15 is 0 Å². The maximum atomic E-state index is 11.5. The van der Waals surface area contributed by atoms with Crippen molar-refractivity contribution in [1.29, 1.82) is 0 Å². The van der Waals surface area contributed by atoms with Gasteiger partial charge in [0.05, 0.1) is 6.61 Å². The summed E-state index contributed by atoms with van der Waals surface area (Å²) in [6.07, 6.45) is 19.3. The molecule has 4 nitrogen and oxygen atoms in total. The molecular formula is C23H42O4. The maximum absolute atomic E-state index is 11.5. The molecule has 0 N–H and O–H groups in total. The average Bonchev–Trinajstić information content (AvgIpc) is 2.65. The van der Waals surface area contributed by atoms with Crippen molar-refractivity contribution in [2.24, 2.45) is 5.92 Å². The van der Waals surface area contributed by atoms with Gasteiger partial charge >= 0.3 is 5.97 Å². The van der Waals surface area contributed by atoms with Gasteiger partial charge in [-0.15, -0.1) is 0 Å². The van der Waals surface area contributed by atoms with E-state index in [9.17, 15) is 4.79 Å². The predicted molar refractivity (Wildman–Crippen MR) is 108 cm³/mol. The van der Waals surface area contributed by atoms with Crippen molar-refractivity contribution in [1.82, 2.24) is 0 Å². The zero-order valence-corrected chi connectivity index (χ0v) is 17.8. The third-order valence-electron chi connectivity index (χ3n) is 6.14. The molecule has 0 saturated carbocycles. The highest BCUT2D eigenvalue weighted by Crippen LogP contribution is 2.41. The van der Waals surface area contributed by atoms with Gasteiger partial charge in [-0.3, -0.25) is 4.79 Å². The quantitative estimate of drug-likeness (QED) is 0.285. The number of carbonyl (C=O) groups excluding carboxylic acids is 1. The maximum Gasteiger partial charge on any atom is 0.304 e. The van der Waals surface area contributed by atoms with Crippen LogP contribution in [0, 0.1) is 5.92 Å². The van der Waals surface area contributed by atoms with Crippen molar-refractivity contribution in [3.63, 3.8) is 0 Å². The number of rotatable bonds is 12. The molecule has 0 aromatic rings. The lowest BCUT2D eigenvalue weighted by molar-refractivity contribution is -0.348. The zero-order valence-electron chi connectivity index (χ0n) is 17.8. The van der Waals surface area contributed by atoms with Gasteiger partial charge in [-0.05, 0) is 25.7 Å². The first-order chi connectivity index (χ1) is 13.2. The first-order valence-corrected chi connectivity index (χ1v) is 11.6. The van der Waals surface area contributed by atoms with E-state index in [-0.39, 0.29) is 5.97 Å². The summed E-state index contributed by atoms with van der Waals surface area (Å²) in [5.74, 6) is -0.424. The molecule has 2 aliphatic heterocycles. The summed E-state index contributed by atoms with van der Waals surface area (Å²) in [5.41, 5.74) is 0. The highest BCUT2D eigenvalue weighted by molar-refractivity contribution is 5.66. The molecule has 2 rings (SSSR count). The Hall–Kier alpha value is -0.610. The molecule has 0 amide bonds. The molecular weight excluding hydrogens is 340 g/mol. The van der Waals surface area contributed by atoms with Crippen molar-refractivity contribution in [2.75, 3.05) is 6.61 Å². The smallest absolute Gasteiger partial charge is 0.304 e. The van der Waals surface area contributed by atoms with Crippen LogP contribution in [0.2, 0.25) is 0 Å². The standard InChI is InChI=1S/C23H42O4/c1-3-4-5-6-7-8-9-10-11-12-15-21-16-18-23(17-13-14-19-25-23)27-22(21)26-20(2)24/h21-22H,3-19H2,1-2H3. The van der Waals surface area contributed by atoms with Gasteiger partial charge < -0.3 is 14.2 Å². The first-order valence-electron chi connectivity index (χ1n) is 11.6. The second kappa shape index (κ2) is 12.8. The van der Waals surface area contributed by atoms with Crippen LogP contribution in [0.1, 0.15) is 117 Å². The van der Waals surface area contributed by atoms with Crippen LogP contribution in [0.25, 0.3) is 0 Å². The minimum absolute atomic E-state index is 0.249. The molecule has 3 atom stereocenters. The Morgan fingerprint density at radius 1 is 0.963 bits per heavy atom. The Balaban J connectivity index is 1.62. The number of ether oxygens (including phenoxy) is 3. The lowest BCUT2D eigenvalue weighted by Crippen LogP contribution is -2.49. The second-order valence-electron chi connectivity index (χ2n) is 8.58. The molecule has 2 fully saturated rings. The molecule has 3 unspecified atom stereocenters. The molecule has 27 heavy (non-hydrogen) atoms. The third-order valence-corrected chi connectivity index (χ3v) is 6.14. The second-order valence-corrected chi connectivity index (χ2v) is 8.58. The van der Waals surface area contributed by atoms with Crippen LogP contribution in [-0.2, 0) is 19.0 Å². The van der Waals surface area contributed by atoms with Crippen LogP contribution in [0.3, 0.4) is 0 Å². The molecule has 1 spiro atoms. The Morgan fingerprint density at radius 2 is 1.63 bits per heavy atom. The number of hydrogen-bond acceptors (Lipinski definition) is 4. The number of esters is 1. The molecule has 2 aliphatic rings. The van der Waals surface area contributed by atoms with Crippen LogP contribution in [0.5, 0.6) is 0 Å². The lowest BCUT2D eigenvalue weighted by atomic mass is 9.87. The van der Waals surface area contributed by atoms with Crippen molar-refractivity contribution in [2.45, 2.75) is 129 Å². The summed E-state index contributed by atoms with van der Waals surface area (Å²) in [6, 6.07) is 0. The van der Waals surface area contributed by atoms with Gasteiger partial charge in [0.1, 0.15) is 0 Å². The van der Waals surface area contributed by atoms with Crippen LogP contribution < -0.4 is 0 Å². The van der Waals surface area contributed by atoms with E-state index in [2.05, 4.69) is 6.92 Å². The van der Waals surface area contributed by atoms with Crippen LogP contribution in [-0.4, -0.2) is 24.7 Å². The normalized spacial score (nSPS) is 28.4. The van der Waals surface area contributed by atoms with Crippen molar-refractivity contribution in [3.05, 3.63) is 0 Å². The zero-order chi connectivity index (χ0) is 19.4. The Bertz CT molecular complexity index is 403. The minimum atomic E-state index is -0.493. The first kappa shape index (κ1) is 22.7. The third kappa shape index (κ3) is 8.51. The topological polar surface area (TPSA) is 44.8 Å². The van der Waals surface area contributed by atoms with Crippen LogP contribution in [0.4, 0.5) is 0 Å². The monoisotopic (exact) mass is 382 g/mol. The fraction of sp³-hybridized carbons (Fsp3) is 0.957. The van der Waals surface area contributed by atoms with Crippen molar-refractivity contribution >= 4 is 5.97 Å². The van der Waals surface area contributed by atoms with E-state index in [0.717, 1.165) is 45.1 Å². The molecule has 0 aromatic carbocycles. The van der Waals surface area contributed by atoms with Gasteiger partial charge in [0, 0.05) is 25.7 Å². The van der Waals surface area contributed by atoms with E-state index in [1.54, 1.807) is 0 Å². The summed E-state index contributed by atoms with van der Waals surface area (Å²) in [5, 5.41) is 0. The fourth-order valence-corrected chi connectivity index (χ4v) is 4.48. The fourth-order valence-electron chi connectivity index (χ4n) is 4.48. The van der Waals surface area contributed by atoms with E-state index in [1.165, 1.54) is 71.1 Å². The Labute approximate surface area is 166 Å². The highest BCUT2D eigenvalue weighted by Gasteiger charge is 2.44. The van der Waals surface area contributed by atoms with Crippen molar-refractivity contribution < 1.29 is 19.0 Å². The number of unbranched alkanes of at least 4 members (excludes halogenated alkanes) is 9. The lowest BCUT2D eigenvalue weighted by Gasteiger charge is -2.45. The summed E-state index contributed by atoms with van der Waals surface area (Å²) < 4.78 is 17.7. The number of carbonyl (C=O) groups is 1. The van der Waals surface area contributed by atoms with E-state index < -0.39 is 12.1 Å². The van der Waals surface area contributed by atoms with Gasteiger partial charge in [-0.25, -0.2) is 0 Å². The molecule has 158 valence electrons. The summed E-state index contributed by atoms with van der Waals surface area (Å²) in [4.78, 5) is 11.5. The average molecular weight is 383 g/mol. The Kier molecular flexibility index (Phi) is 10.7. The van der Waals surface area contributed by atoms with E-state index in [0.29, 0.717) is 5.92 Å². The molecule has 0 radical (unpaired) electrons. The molecule has 0 aliphatic carbocycles. The van der Waals surface area contributed by atoms with Gasteiger partial charge in [0.25, 0.3) is 0 Å². The Morgan fingerprint density at radius 3 is 2.22 bits per heavy atom. The summed E-state index contributed by atoms with van der Waals surface area (Å²) in [6.45, 7) is 4.51. The summed E-state index contributed by atoms with van der Waals surface area (Å²) >= 11 is 0. The van der Waals surface area contributed by atoms with E-state index in [1.807, 2.05) is 0 Å². The number of hydrogen-bond donors (Lipinski definition) is 0. The van der Waals surface area contributed by atoms with Crippen LogP contribution in [0.15, 0.2) is 0 Å².